The van der Waals surface area contributed by atoms with Gasteiger partial charge in [0.2, 0.25) is 15.9 Å². The van der Waals surface area contributed by atoms with Crippen LogP contribution in [0.1, 0.15) is 19.3 Å². The van der Waals surface area contributed by atoms with Crippen LogP contribution in [0.4, 0.5) is 0 Å². The van der Waals surface area contributed by atoms with Crippen molar-refractivity contribution in [2.24, 2.45) is 5.73 Å². The Morgan fingerprint density at radius 3 is 2.68 bits per heavy atom. The molecule has 6 nitrogen and oxygen atoms in total. The van der Waals surface area contributed by atoms with Crippen molar-refractivity contribution in [3.63, 3.8) is 0 Å². The third-order valence-corrected chi connectivity index (χ3v) is 5.58. The first-order valence-electron chi connectivity index (χ1n) is 7.17. The Labute approximate surface area is 139 Å². The Morgan fingerprint density at radius 2 is 2.05 bits per heavy atom. The molecule has 1 saturated heterocycles. The minimum absolute atomic E-state index is 0.0381. The van der Waals surface area contributed by atoms with Crippen LogP contribution in [0.3, 0.4) is 0 Å². The van der Waals surface area contributed by atoms with Crippen molar-refractivity contribution in [2.75, 3.05) is 19.6 Å². The van der Waals surface area contributed by atoms with Crippen molar-refractivity contribution in [1.29, 1.82) is 0 Å². The average molecular weight is 390 g/mol. The fraction of sp³-hybridized carbons (Fsp3) is 0.500. The van der Waals surface area contributed by atoms with Gasteiger partial charge in [0.15, 0.2) is 0 Å². The minimum Gasteiger partial charge on any atom is -0.343 e. The van der Waals surface area contributed by atoms with Crippen LogP contribution in [-0.2, 0) is 14.8 Å². The summed E-state index contributed by atoms with van der Waals surface area (Å²) in [5, 5.41) is 0. The number of hydrogen-bond donors (Lipinski definition) is 2. The van der Waals surface area contributed by atoms with Crippen LogP contribution in [0.15, 0.2) is 33.6 Å². The van der Waals surface area contributed by atoms with Crippen molar-refractivity contribution in [2.45, 2.75) is 30.2 Å². The number of rotatable bonds is 5. The van der Waals surface area contributed by atoms with Crippen molar-refractivity contribution in [3.05, 3.63) is 28.7 Å². The summed E-state index contributed by atoms with van der Waals surface area (Å²) in [6.07, 6.45) is 1.76. The lowest BCUT2D eigenvalue weighted by atomic mass is 10.1. The predicted molar refractivity (Wildman–Crippen MR) is 87.7 cm³/mol. The smallest absolute Gasteiger partial charge is 0.240 e. The van der Waals surface area contributed by atoms with E-state index in [4.69, 9.17) is 5.73 Å². The highest BCUT2D eigenvalue weighted by Crippen LogP contribution is 2.16. The van der Waals surface area contributed by atoms with Gasteiger partial charge in [-0.3, -0.25) is 4.79 Å². The number of nitrogens with zero attached hydrogens (tertiary/aromatic N) is 1. The first kappa shape index (κ1) is 17.4. The van der Waals surface area contributed by atoms with Crippen molar-refractivity contribution >= 4 is 31.9 Å². The Morgan fingerprint density at radius 1 is 1.36 bits per heavy atom. The molecule has 0 spiro atoms. The second kappa shape index (κ2) is 7.54. The molecule has 8 heteroatoms. The predicted octanol–water partition coefficient (Wildman–Crippen LogP) is 1.07. The molecule has 3 N–H and O–H groups in total. The van der Waals surface area contributed by atoms with Gasteiger partial charge in [0, 0.05) is 36.6 Å². The monoisotopic (exact) mass is 389 g/mol. The summed E-state index contributed by atoms with van der Waals surface area (Å²) in [4.78, 5) is 13.9. The lowest BCUT2D eigenvalue weighted by Gasteiger charge is -2.30. The van der Waals surface area contributed by atoms with E-state index in [9.17, 15) is 13.2 Å². The lowest BCUT2D eigenvalue weighted by molar-refractivity contribution is -0.132. The van der Waals surface area contributed by atoms with Gasteiger partial charge in [-0.05, 0) is 31.0 Å². The fourth-order valence-electron chi connectivity index (χ4n) is 2.32. The molecular weight excluding hydrogens is 370 g/mol. The molecule has 1 amide bonds. The summed E-state index contributed by atoms with van der Waals surface area (Å²) in [6.45, 7) is 1.40. The van der Waals surface area contributed by atoms with Crippen LogP contribution in [-0.4, -0.2) is 44.9 Å². The molecule has 1 aromatic rings. The molecule has 0 aromatic heterocycles. The van der Waals surface area contributed by atoms with Gasteiger partial charge in [-0.1, -0.05) is 22.0 Å². The molecule has 0 saturated carbocycles. The first-order chi connectivity index (χ1) is 10.4. The molecule has 2 rings (SSSR count). The van der Waals surface area contributed by atoms with Crippen LogP contribution < -0.4 is 10.5 Å². The van der Waals surface area contributed by atoms with Crippen molar-refractivity contribution in [3.8, 4) is 0 Å². The number of amides is 1. The molecule has 1 aliphatic heterocycles. The Bertz CT molecular complexity index is 628. The molecule has 0 bridgehead atoms. The van der Waals surface area contributed by atoms with E-state index in [0.29, 0.717) is 17.6 Å². The number of nitrogens with one attached hydrogen (secondary N) is 1. The number of carbonyl (C=O) groups is 1. The molecule has 0 unspecified atom stereocenters. The van der Waals surface area contributed by atoms with Gasteiger partial charge in [-0.2, -0.15) is 0 Å². The zero-order valence-corrected chi connectivity index (χ0v) is 14.6. The third-order valence-electron chi connectivity index (χ3n) is 3.63. The van der Waals surface area contributed by atoms with E-state index in [-0.39, 0.29) is 29.8 Å². The molecule has 122 valence electrons. The van der Waals surface area contributed by atoms with Gasteiger partial charge >= 0.3 is 0 Å². The third kappa shape index (κ3) is 4.77. The molecular formula is C14H20BrN3O3S. The first-order valence-corrected chi connectivity index (χ1v) is 9.45. The molecule has 1 fully saturated rings. The van der Waals surface area contributed by atoms with Gasteiger partial charge in [0.25, 0.3) is 0 Å². The van der Waals surface area contributed by atoms with Gasteiger partial charge in [-0.25, -0.2) is 13.1 Å². The second-order valence-electron chi connectivity index (χ2n) is 5.32. The highest BCUT2D eigenvalue weighted by atomic mass is 79.9. The van der Waals surface area contributed by atoms with Gasteiger partial charge in [-0.15, -0.1) is 0 Å². The highest BCUT2D eigenvalue weighted by molar-refractivity contribution is 9.10. The maximum absolute atomic E-state index is 12.1. The quantitative estimate of drug-likeness (QED) is 0.787. The van der Waals surface area contributed by atoms with Crippen LogP contribution in [0.2, 0.25) is 0 Å². The van der Waals surface area contributed by atoms with E-state index in [1.165, 1.54) is 12.1 Å². The Kier molecular flexibility index (Phi) is 5.96. The Balaban J connectivity index is 1.84. The zero-order valence-electron chi connectivity index (χ0n) is 12.2. The van der Waals surface area contributed by atoms with Gasteiger partial charge in [0.05, 0.1) is 4.90 Å². The van der Waals surface area contributed by atoms with E-state index in [1.807, 2.05) is 0 Å². The molecule has 0 aliphatic carbocycles. The standard InChI is InChI=1S/C14H20BrN3O3S/c15-11-2-1-3-13(10-11)22(20,21)17-7-4-14(19)18-8-5-12(16)6-9-18/h1-3,10,12,17H,4-9,16H2. The number of piperidine rings is 1. The van der Waals surface area contributed by atoms with E-state index >= 15 is 0 Å². The van der Waals surface area contributed by atoms with Crippen LogP contribution >= 0.6 is 15.9 Å². The van der Waals surface area contributed by atoms with E-state index in [2.05, 4.69) is 20.7 Å². The number of sulfonamides is 1. The number of benzene rings is 1. The molecule has 1 heterocycles. The fourth-order valence-corrected chi connectivity index (χ4v) is 3.94. The van der Waals surface area contributed by atoms with Crippen LogP contribution in [0, 0.1) is 0 Å². The summed E-state index contributed by atoms with van der Waals surface area (Å²) >= 11 is 3.24. The van der Waals surface area contributed by atoms with Crippen molar-refractivity contribution in [1.82, 2.24) is 9.62 Å². The van der Waals surface area contributed by atoms with Gasteiger partial charge in [0.1, 0.15) is 0 Å². The van der Waals surface area contributed by atoms with Gasteiger partial charge < -0.3 is 10.6 Å². The SMILES string of the molecule is NC1CCN(C(=O)CCNS(=O)(=O)c2cccc(Br)c2)CC1. The molecule has 0 radical (unpaired) electrons. The molecule has 22 heavy (non-hydrogen) atoms. The number of nitrogens with two attached hydrogens (primary N) is 1. The number of hydrogen-bond acceptors (Lipinski definition) is 4. The normalized spacial score (nSPS) is 16.7. The second-order valence-corrected chi connectivity index (χ2v) is 8.01. The van der Waals surface area contributed by atoms with E-state index < -0.39 is 10.0 Å². The summed E-state index contributed by atoms with van der Waals surface area (Å²) in [6, 6.07) is 6.61. The largest absolute Gasteiger partial charge is 0.343 e. The summed E-state index contributed by atoms with van der Waals surface area (Å²) < 4.78 is 27.4. The number of halogens is 1. The van der Waals surface area contributed by atoms with E-state index in [0.717, 1.165) is 12.8 Å². The van der Waals surface area contributed by atoms with Crippen LogP contribution in [0.25, 0.3) is 0 Å². The lowest BCUT2D eigenvalue weighted by Crippen LogP contribution is -2.43. The summed E-state index contributed by atoms with van der Waals surface area (Å²) in [7, 11) is -3.59. The zero-order chi connectivity index (χ0) is 16.2. The minimum atomic E-state index is -3.59. The van der Waals surface area contributed by atoms with E-state index in [1.54, 1.807) is 17.0 Å². The molecule has 0 atom stereocenters. The topological polar surface area (TPSA) is 92.5 Å². The summed E-state index contributed by atoms with van der Waals surface area (Å²) in [5.74, 6) is -0.0381. The number of carbonyl (C=O) groups excluding carboxylic acids is 1. The van der Waals surface area contributed by atoms with Crippen molar-refractivity contribution < 1.29 is 13.2 Å². The number of likely N-dealkylation sites (tertiary alicyclic amines) is 1. The summed E-state index contributed by atoms with van der Waals surface area (Å²) in [5.41, 5.74) is 5.80. The maximum Gasteiger partial charge on any atom is 0.240 e. The molecule has 1 aliphatic rings. The molecule has 1 aromatic carbocycles. The average Bonchev–Trinajstić information content (AvgIpc) is 2.47. The maximum atomic E-state index is 12.1. The van der Waals surface area contributed by atoms with Crippen LogP contribution in [0.5, 0.6) is 0 Å². The Hall–Kier alpha value is -0.960. The highest BCUT2D eigenvalue weighted by Gasteiger charge is 2.21.